The number of rotatable bonds is 6. The van der Waals surface area contributed by atoms with Crippen LogP contribution in [0.15, 0.2) is 109 Å². The maximum atomic E-state index is 12.2. The molecule has 0 aromatic heterocycles. The number of phenolic OH excluding ortho intramolecular Hbond substituents is 1. The summed E-state index contributed by atoms with van der Waals surface area (Å²) in [6, 6.07) is 29.3. The van der Waals surface area contributed by atoms with Crippen molar-refractivity contribution < 1.29 is 113 Å². The molecule has 0 atom stereocenters. The van der Waals surface area contributed by atoms with E-state index < -0.39 is 5.97 Å². The van der Waals surface area contributed by atoms with Crippen LogP contribution in [0.2, 0.25) is 0 Å². The fraction of sp³-hybridized carbons (Fsp3) is 0.132. The van der Waals surface area contributed by atoms with Crippen LogP contribution in [-0.4, -0.2) is 30.8 Å². The van der Waals surface area contributed by atoms with E-state index in [1.54, 1.807) is 35.9 Å². The summed E-state index contributed by atoms with van der Waals surface area (Å²) in [7, 11) is 0.814. The first kappa shape index (κ1) is 43.2. The topological polar surface area (TPSA) is 119 Å². The molecule has 6 nitrogen and oxygen atoms in total. The molecule has 0 saturated heterocycles. The van der Waals surface area contributed by atoms with E-state index in [2.05, 4.69) is 87.3 Å². The summed E-state index contributed by atoms with van der Waals surface area (Å²) in [5.41, 5.74) is 5.19. The molecule has 242 valence electrons. The number of benzene rings is 5. The molecule has 2 heterocycles. The van der Waals surface area contributed by atoms with Crippen LogP contribution in [0.5, 0.6) is 5.75 Å². The van der Waals surface area contributed by atoms with E-state index in [1.165, 1.54) is 58.6 Å². The Morgan fingerprint density at radius 3 is 2.26 bits per heavy atom. The minimum Gasteiger partial charge on any atom is -1.00 e. The van der Waals surface area contributed by atoms with Gasteiger partial charge < -0.3 is 8.33 Å². The first-order valence-electron chi connectivity index (χ1n) is 15.3. The average Bonchev–Trinajstić information content (AvgIpc) is 3.07. The molecule has 1 aliphatic carbocycles. The first-order chi connectivity index (χ1) is 22.7. The molecular formula is C38H32Br2HgNa2O6Si. The smallest absolute Gasteiger partial charge is 1.00 e. The van der Waals surface area contributed by atoms with Gasteiger partial charge in [0, 0.05) is 0 Å². The number of carboxylic acid groups (broad SMARTS) is 1. The van der Waals surface area contributed by atoms with Gasteiger partial charge in [-0.15, -0.1) is 0 Å². The number of unbranched alkanes of at least 4 members (excludes halogenated alkanes) is 2. The number of halogens is 2. The second kappa shape index (κ2) is 19.2. The maximum absolute atomic E-state index is 12.2. The first-order valence-corrected chi connectivity index (χ1v) is 20.6. The third-order valence-corrected chi connectivity index (χ3v) is 13.5. The Labute approximate surface area is 372 Å². The van der Waals surface area contributed by atoms with E-state index in [4.69, 9.17) is 4.42 Å². The van der Waals surface area contributed by atoms with Gasteiger partial charge in [-0.05, 0) is 39.2 Å². The summed E-state index contributed by atoms with van der Waals surface area (Å²) in [6.45, 7) is 2.27. The third-order valence-electron chi connectivity index (χ3n) is 8.32. The third kappa shape index (κ3) is 8.93. The molecule has 0 bridgehead atoms. The van der Waals surface area contributed by atoms with Crippen LogP contribution in [0.1, 0.15) is 51.4 Å². The number of hydrogen-bond donors (Lipinski definition) is 2. The zero-order valence-electron chi connectivity index (χ0n) is 30.1. The molecule has 0 spiro atoms. The van der Waals surface area contributed by atoms with Gasteiger partial charge in [-0.1, -0.05) is 68.3 Å². The summed E-state index contributed by atoms with van der Waals surface area (Å²) in [6.07, 6.45) is 5.14. The van der Waals surface area contributed by atoms with Crippen LogP contribution in [0.4, 0.5) is 0 Å². The number of carbonyl (C=O) groups is 1. The zero-order chi connectivity index (χ0) is 33.2. The Kier molecular flexibility index (Phi) is 16.6. The van der Waals surface area contributed by atoms with Gasteiger partial charge in [0.1, 0.15) is 0 Å². The van der Waals surface area contributed by atoms with Crippen LogP contribution in [0.25, 0.3) is 39.0 Å². The Balaban J connectivity index is 0.000000501. The van der Waals surface area contributed by atoms with Crippen molar-refractivity contribution in [2.75, 3.05) is 0 Å². The van der Waals surface area contributed by atoms with Crippen LogP contribution in [0, 0.1) is 4.81 Å². The van der Waals surface area contributed by atoms with Crippen LogP contribution >= 0.6 is 31.9 Å². The van der Waals surface area contributed by atoms with Gasteiger partial charge in [0.05, 0.1) is 9.13 Å². The second-order valence-electron chi connectivity index (χ2n) is 11.3. The van der Waals surface area contributed by atoms with E-state index >= 15 is 0 Å². The second-order valence-corrected chi connectivity index (χ2v) is 17.1. The fourth-order valence-corrected chi connectivity index (χ4v) is 11.0. The molecule has 4 N–H and O–H groups in total. The SMILES string of the molecule is CCCCCC1=c2ccccc2=[Si]c2ccccc21.O.O=C(O)c1ccccc1-c1c2cc(Br)c(=O)cc-2oc2[c]([Hg])c(O)c(Br)cc12.[H-].[H-].[Na+].[Na+]. The Hall–Kier alpha value is -1.22. The summed E-state index contributed by atoms with van der Waals surface area (Å²) < 4.78 is 7.55. The van der Waals surface area contributed by atoms with Crippen molar-refractivity contribution in [3.63, 3.8) is 0 Å². The largest absolute Gasteiger partial charge is 1.00 e. The molecule has 2 aliphatic heterocycles. The monoisotopic (exact) mass is 1020 g/mol. The molecule has 4 aromatic rings. The molecule has 4 aromatic carbocycles. The van der Waals surface area contributed by atoms with Crippen LogP contribution < -0.4 is 78.0 Å². The van der Waals surface area contributed by atoms with E-state index in [-0.39, 0.29) is 110 Å². The Morgan fingerprint density at radius 1 is 0.880 bits per heavy atom. The summed E-state index contributed by atoms with van der Waals surface area (Å²) in [4.78, 5) is 25.5. The average molecular weight is 1020 g/mol. The maximum Gasteiger partial charge on any atom is 1.00 e. The number of hydrogen-bond acceptors (Lipinski definition) is 4. The molecule has 1 radical (unpaired) electrons. The van der Waals surface area contributed by atoms with Crippen molar-refractivity contribution in [3.8, 4) is 28.2 Å². The number of carboxylic acids is 1. The minimum absolute atomic E-state index is 0. The predicted octanol–water partition coefficient (Wildman–Crippen LogP) is 1.13. The quantitative estimate of drug-likeness (QED) is 0.148. The van der Waals surface area contributed by atoms with E-state index in [9.17, 15) is 19.8 Å². The molecule has 3 aliphatic rings. The molecule has 12 heteroatoms. The fourth-order valence-electron chi connectivity index (χ4n) is 6.05. The summed E-state index contributed by atoms with van der Waals surface area (Å²) in [5.74, 6) is -0.606. The van der Waals surface area contributed by atoms with Gasteiger partial charge in [0.15, 0.2) is 0 Å². The van der Waals surface area contributed by atoms with Crippen molar-refractivity contribution in [1.82, 2.24) is 0 Å². The Bertz CT molecular complexity index is 2360. The van der Waals surface area contributed by atoms with Crippen molar-refractivity contribution >= 4 is 71.8 Å². The van der Waals surface area contributed by atoms with Gasteiger partial charge in [-0.3, -0.25) is 0 Å². The van der Waals surface area contributed by atoms with Gasteiger partial charge in [-0.2, -0.15) is 0 Å². The van der Waals surface area contributed by atoms with Crippen molar-refractivity contribution in [1.29, 1.82) is 0 Å². The van der Waals surface area contributed by atoms with Crippen LogP contribution in [0.3, 0.4) is 0 Å². The number of aromatic carboxylic acids is 1. The molecule has 0 amide bonds. The van der Waals surface area contributed by atoms with E-state index in [1.807, 2.05) is 0 Å². The standard InChI is InChI=1S/C20H9Br2O5.C18H19Si.Hg.2Na.H2O.2H/c21-13-5-11-17(7-15(13)23)27-18-8-16(24)14(22)6-12(18)19(11)9-3-1-2-4-10(9)20(25)26;1-2-3-4-9-14-15-10-5-7-12-17(15)19-18-13-8-6-11-16(14)18;;;;;;/h1-7,24H,(H,25,26);5-8,10-13H,2-4,9H2,1H3;;;;1H2;;/q;;;2*+1;;2*-1. The van der Waals surface area contributed by atoms with Crippen molar-refractivity contribution in [3.05, 3.63) is 131 Å². The molecule has 50 heavy (non-hydrogen) atoms. The molecule has 7 rings (SSSR count). The molecule has 0 fully saturated rings. The van der Waals surface area contributed by atoms with Gasteiger partial charge >= 0.3 is 252 Å². The summed E-state index contributed by atoms with van der Waals surface area (Å²) >= 11 is 6.64. The van der Waals surface area contributed by atoms with Gasteiger partial charge in [-0.25, -0.2) is 0 Å². The van der Waals surface area contributed by atoms with Gasteiger partial charge in [0.2, 0.25) is 0 Å². The molecule has 0 saturated carbocycles. The zero-order valence-corrected chi connectivity index (χ0v) is 41.7. The normalized spacial score (nSPS) is 11.1. The molecular weight excluding hydrogens is 987 g/mol. The van der Waals surface area contributed by atoms with Crippen molar-refractivity contribution in [2.24, 2.45) is 0 Å². The van der Waals surface area contributed by atoms with Crippen LogP contribution in [-0.2, 0) is 26.1 Å². The summed E-state index contributed by atoms with van der Waals surface area (Å²) in [5, 5.41) is 23.7. The van der Waals surface area contributed by atoms with E-state index in [0.717, 1.165) is 9.13 Å². The molecule has 0 unspecified atom stereocenters. The number of phenols is 1. The van der Waals surface area contributed by atoms with Gasteiger partial charge in [0.25, 0.3) is 0 Å². The predicted molar refractivity (Wildman–Crippen MR) is 197 cm³/mol. The minimum atomic E-state index is -1.05. The Morgan fingerprint density at radius 2 is 1.54 bits per heavy atom. The number of aromatic hydroxyl groups is 1. The van der Waals surface area contributed by atoms with E-state index in [0.29, 0.717) is 45.4 Å². The number of fused-ring (bicyclic) bond motifs is 4. The van der Waals surface area contributed by atoms with Crippen molar-refractivity contribution in [2.45, 2.75) is 32.6 Å².